The normalized spacial score (nSPS) is 15.0. The third-order valence-corrected chi connectivity index (χ3v) is 5.06. The Morgan fingerprint density at radius 3 is 2.61 bits per heavy atom. The van der Waals surface area contributed by atoms with Crippen LogP contribution < -0.4 is 9.47 Å². The van der Waals surface area contributed by atoms with Crippen molar-refractivity contribution >= 4 is 5.97 Å². The van der Waals surface area contributed by atoms with Crippen molar-refractivity contribution in [3.8, 4) is 11.5 Å². The molecule has 0 bridgehead atoms. The topological polar surface area (TPSA) is 54.0 Å². The predicted octanol–water partition coefficient (Wildman–Crippen LogP) is 5.12. The number of hydrogen-bond donors (Lipinski definition) is 0. The van der Waals surface area contributed by atoms with Crippen LogP contribution in [0.25, 0.3) is 0 Å². The number of rotatable bonds is 7. The van der Waals surface area contributed by atoms with Gasteiger partial charge >= 0.3 is 5.97 Å². The van der Waals surface area contributed by atoms with Gasteiger partial charge in [0.2, 0.25) is 6.29 Å². The molecule has 0 fully saturated rings. The number of halogens is 1. The van der Waals surface area contributed by atoms with Gasteiger partial charge in [0.15, 0.2) is 0 Å². The van der Waals surface area contributed by atoms with E-state index >= 15 is 0 Å². The Kier molecular flexibility index (Phi) is 6.48. The van der Waals surface area contributed by atoms with Crippen molar-refractivity contribution in [3.05, 3.63) is 94.8 Å². The first-order valence-corrected chi connectivity index (χ1v) is 10.1. The lowest BCUT2D eigenvalue weighted by molar-refractivity contribution is -0.145. The number of benzene rings is 3. The molecule has 6 heteroatoms. The minimum absolute atomic E-state index is 0.0664. The maximum Gasteiger partial charge on any atom is 0.306 e. The number of carbonyl (C=O) groups is 1. The molecular formula is C25H23FO5. The Morgan fingerprint density at radius 1 is 1.10 bits per heavy atom. The maximum absolute atomic E-state index is 14.1. The number of esters is 1. The first kappa shape index (κ1) is 20.9. The van der Waals surface area contributed by atoms with Gasteiger partial charge in [-0.15, -0.1) is 0 Å². The van der Waals surface area contributed by atoms with Gasteiger partial charge in [-0.05, 0) is 36.2 Å². The van der Waals surface area contributed by atoms with Crippen LogP contribution in [0, 0.1) is 5.82 Å². The molecule has 4 rings (SSSR count). The van der Waals surface area contributed by atoms with Gasteiger partial charge in [-0.25, -0.2) is 4.39 Å². The molecule has 0 saturated heterocycles. The first-order chi connectivity index (χ1) is 15.1. The summed E-state index contributed by atoms with van der Waals surface area (Å²) in [6.45, 7) is 0.147. The Bertz CT molecular complexity index is 1030. The van der Waals surface area contributed by atoms with Crippen molar-refractivity contribution in [1.29, 1.82) is 0 Å². The van der Waals surface area contributed by atoms with Crippen molar-refractivity contribution in [1.82, 2.24) is 0 Å². The lowest BCUT2D eigenvalue weighted by atomic mass is 10.1. The number of carbonyl (C=O) groups excluding carboxylic acids is 1. The summed E-state index contributed by atoms with van der Waals surface area (Å²) in [7, 11) is 1.61. The fourth-order valence-electron chi connectivity index (χ4n) is 3.43. The number of ether oxygens (including phenoxy) is 4. The zero-order valence-corrected chi connectivity index (χ0v) is 17.2. The molecule has 0 amide bonds. The Balaban J connectivity index is 1.39. The number of hydrogen-bond acceptors (Lipinski definition) is 5. The standard InChI is InChI=1S/C25H23FO5/c1-28-22-10-7-17(8-11-22)9-12-23(27)29-15-19-13-21(26)14-20-16-30-25(31-24(19)20)18-5-3-2-4-6-18/h2-8,10-11,13-14,25H,9,12,15-16H2,1H3/t25-/m1/s1. The summed E-state index contributed by atoms with van der Waals surface area (Å²) in [5.74, 6) is 0.485. The molecule has 1 aliphatic heterocycles. The summed E-state index contributed by atoms with van der Waals surface area (Å²) in [5, 5.41) is 0. The van der Waals surface area contributed by atoms with E-state index in [2.05, 4.69) is 0 Å². The van der Waals surface area contributed by atoms with E-state index in [-0.39, 0.29) is 25.6 Å². The molecule has 31 heavy (non-hydrogen) atoms. The van der Waals surface area contributed by atoms with Gasteiger partial charge in [-0.1, -0.05) is 42.5 Å². The highest BCUT2D eigenvalue weighted by atomic mass is 19.1. The molecule has 1 heterocycles. The van der Waals surface area contributed by atoms with Gasteiger partial charge in [0.1, 0.15) is 23.9 Å². The molecule has 0 N–H and O–H groups in total. The smallest absolute Gasteiger partial charge is 0.306 e. The first-order valence-electron chi connectivity index (χ1n) is 10.1. The molecule has 5 nitrogen and oxygen atoms in total. The molecule has 0 saturated carbocycles. The van der Waals surface area contributed by atoms with Crippen molar-refractivity contribution in [2.75, 3.05) is 7.11 Å². The predicted molar refractivity (Wildman–Crippen MR) is 112 cm³/mol. The van der Waals surface area contributed by atoms with E-state index in [9.17, 15) is 9.18 Å². The minimum Gasteiger partial charge on any atom is -0.497 e. The molecule has 1 aliphatic rings. The van der Waals surface area contributed by atoms with Crippen LogP contribution in [-0.2, 0) is 33.9 Å². The third-order valence-electron chi connectivity index (χ3n) is 5.06. The third kappa shape index (κ3) is 5.22. The molecule has 1 atom stereocenters. The molecule has 0 spiro atoms. The van der Waals surface area contributed by atoms with Crippen LogP contribution in [0.1, 0.15) is 35.0 Å². The average molecular weight is 422 g/mol. The van der Waals surface area contributed by atoms with Gasteiger partial charge in [0.25, 0.3) is 0 Å². The number of fused-ring (bicyclic) bond motifs is 1. The lowest BCUT2D eigenvalue weighted by Crippen LogP contribution is -2.20. The molecule has 3 aromatic rings. The fraction of sp³-hybridized carbons (Fsp3) is 0.240. The molecule has 0 aliphatic carbocycles. The largest absolute Gasteiger partial charge is 0.497 e. The zero-order chi connectivity index (χ0) is 21.6. The molecule has 3 aromatic carbocycles. The van der Waals surface area contributed by atoms with E-state index < -0.39 is 12.1 Å². The monoisotopic (exact) mass is 422 g/mol. The molecule has 0 radical (unpaired) electrons. The minimum atomic E-state index is -0.594. The maximum atomic E-state index is 14.1. The summed E-state index contributed by atoms with van der Waals surface area (Å²) in [5.41, 5.74) is 2.94. The van der Waals surface area contributed by atoms with E-state index in [0.29, 0.717) is 23.3 Å². The van der Waals surface area contributed by atoms with Gasteiger partial charge < -0.3 is 18.9 Å². The van der Waals surface area contributed by atoms with Crippen molar-refractivity contribution in [2.45, 2.75) is 32.3 Å². The van der Waals surface area contributed by atoms with E-state index in [1.165, 1.54) is 12.1 Å². The van der Waals surface area contributed by atoms with Crippen LogP contribution in [-0.4, -0.2) is 13.1 Å². The average Bonchev–Trinajstić information content (AvgIpc) is 2.81. The lowest BCUT2D eigenvalue weighted by Gasteiger charge is -2.28. The van der Waals surface area contributed by atoms with Gasteiger partial charge in [-0.2, -0.15) is 0 Å². The van der Waals surface area contributed by atoms with Crippen LogP contribution in [0.4, 0.5) is 4.39 Å². The Morgan fingerprint density at radius 2 is 1.87 bits per heavy atom. The second-order valence-corrected chi connectivity index (χ2v) is 7.23. The zero-order valence-electron chi connectivity index (χ0n) is 17.2. The summed E-state index contributed by atoms with van der Waals surface area (Å²) >= 11 is 0. The highest BCUT2D eigenvalue weighted by molar-refractivity contribution is 5.69. The molecule has 0 aromatic heterocycles. The second kappa shape index (κ2) is 9.62. The summed E-state index contributed by atoms with van der Waals surface area (Å²) in [4.78, 5) is 12.2. The quantitative estimate of drug-likeness (QED) is 0.495. The number of methoxy groups -OCH3 is 1. The fourth-order valence-corrected chi connectivity index (χ4v) is 3.43. The van der Waals surface area contributed by atoms with Crippen LogP contribution in [0.3, 0.4) is 0 Å². The summed E-state index contributed by atoms with van der Waals surface area (Å²) in [6, 6.07) is 19.7. The molecule has 160 valence electrons. The summed E-state index contributed by atoms with van der Waals surface area (Å²) < 4.78 is 36.3. The number of aryl methyl sites for hydroxylation is 1. The van der Waals surface area contributed by atoms with E-state index in [1.807, 2.05) is 54.6 Å². The van der Waals surface area contributed by atoms with Crippen LogP contribution >= 0.6 is 0 Å². The van der Waals surface area contributed by atoms with Crippen LogP contribution in [0.2, 0.25) is 0 Å². The van der Waals surface area contributed by atoms with Crippen molar-refractivity contribution < 1.29 is 28.1 Å². The Labute approximate surface area is 180 Å². The van der Waals surface area contributed by atoms with Gasteiger partial charge in [0, 0.05) is 23.1 Å². The van der Waals surface area contributed by atoms with Crippen LogP contribution in [0.5, 0.6) is 11.5 Å². The SMILES string of the molecule is COc1ccc(CCC(=O)OCc2cc(F)cc3c2O[C@H](c2ccccc2)OC3)cc1. The van der Waals surface area contributed by atoms with E-state index in [4.69, 9.17) is 18.9 Å². The Hall–Kier alpha value is -3.38. The van der Waals surface area contributed by atoms with E-state index in [0.717, 1.165) is 16.9 Å². The van der Waals surface area contributed by atoms with E-state index in [1.54, 1.807) is 7.11 Å². The highest BCUT2D eigenvalue weighted by Crippen LogP contribution is 2.36. The molecule has 0 unspecified atom stereocenters. The van der Waals surface area contributed by atoms with Crippen molar-refractivity contribution in [3.63, 3.8) is 0 Å². The van der Waals surface area contributed by atoms with Gasteiger partial charge in [0.05, 0.1) is 13.7 Å². The highest BCUT2D eigenvalue weighted by Gasteiger charge is 2.25. The summed E-state index contributed by atoms with van der Waals surface area (Å²) in [6.07, 6.45) is 0.175. The van der Waals surface area contributed by atoms with Crippen LogP contribution in [0.15, 0.2) is 66.7 Å². The second-order valence-electron chi connectivity index (χ2n) is 7.23. The molecular weight excluding hydrogens is 399 g/mol. The van der Waals surface area contributed by atoms with Gasteiger partial charge in [-0.3, -0.25) is 4.79 Å². The van der Waals surface area contributed by atoms with Crippen molar-refractivity contribution in [2.24, 2.45) is 0 Å².